The summed E-state index contributed by atoms with van der Waals surface area (Å²) in [7, 11) is 4.50. The molecule has 0 aromatic carbocycles. The lowest BCUT2D eigenvalue weighted by atomic mass is 10.1. The molecule has 22 heavy (non-hydrogen) atoms. The van der Waals surface area contributed by atoms with E-state index in [0.717, 1.165) is 18.4 Å². The average molecular weight is 322 g/mol. The summed E-state index contributed by atoms with van der Waals surface area (Å²) < 4.78 is 0. The fourth-order valence-electron chi connectivity index (χ4n) is 2.12. The Kier molecular flexibility index (Phi) is 39.1. The first-order chi connectivity index (χ1) is 10.6. The summed E-state index contributed by atoms with van der Waals surface area (Å²) in [6.45, 7) is 13.8. The van der Waals surface area contributed by atoms with Crippen LogP contribution in [0, 0.1) is 11.8 Å². The lowest BCUT2D eigenvalue weighted by molar-refractivity contribution is 0.215. The van der Waals surface area contributed by atoms with E-state index in [0.29, 0.717) is 0 Å². The minimum Gasteiger partial charge on any atom is -0.333 e. The van der Waals surface area contributed by atoms with Crippen molar-refractivity contribution in [2.45, 2.75) is 53.4 Å². The third-order valence-electron chi connectivity index (χ3n) is 2.68. The van der Waals surface area contributed by atoms with Crippen molar-refractivity contribution in [1.29, 1.82) is 0 Å². The van der Waals surface area contributed by atoms with E-state index in [1.54, 1.807) is 0 Å². The molecule has 0 aromatic rings. The summed E-state index contributed by atoms with van der Waals surface area (Å²) in [5.41, 5.74) is 19.0. The van der Waals surface area contributed by atoms with Crippen LogP contribution in [0.3, 0.4) is 0 Å². The molecule has 0 rings (SSSR count). The topological polar surface area (TPSA) is 107 Å². The molecule has 0 atom stereocenters. The summed E-state index contributed by atoms with van der Waals surface area (Å²) in [5, 5.41) is 0. The van der Waals surface area contributed by atoms with Crippen molar-refractivity contribution in [3.63, 3.8) is 0 Å². The number of unbranched alkanes of at least 4 members (excludes halogenated alkanes) is 3. The van der Waals surface area contributed by atoms with Gasteiger partial charge in [0.25, 0.3) is 0 Å². The van der Waals surface area contributed by atoms with E-state index in [1.165, 1.54) is 66.5 Å². The van der Waals surface area contributed by atoms with Crippen LogP contribution < -0.4 is 22.9 Å². The first-order valence-corrected chi connectivity index (χ1v) is 8.71. The van der Waals surface area contributed by atoms with Crippen LogP contribution in [0.2, 0.25) is 0 Å². The second-order valence-corrected chi connectivity index (χ2v) is 5.75. The minimum absolute atomic E-state index is 0.780. The zero-order valence-corrected chi connectivity index (χ0v) is 16.6. The van der Waals surface area contributed by atoms with Gasteiger partial charge in [0, 0.05) is 13.1 Å². The van der Waals surface area contributed by atoms with Crippen LogP contribution in [0.25, 0.3) is 0 Å². The molecule has 0 heterocycles. The Bertz CT molecular complexity index is 142. The Labute approximate surface area is 141 Å². The molecule has 0 saturated carbocycles. The van der Waals surface area contributed by atoms with Gasteiger partial charge in [-0.2, -0.15) is 0 Å². The predicted molar refractivity (Wildman–Crippen MR) is 104 cm³/mol. The van der Waals surface area contributed by atoms with Gasteiger partial charge in [0.2, 0.25) is 0 Å². The molecule has 0 amide bonds. The lowest BCUT2D eigenvalue weighted by Gasteiger charge is -2.26. The molecule has 5 heteroatoms. The molecule has 0 aromatic heterocycles. The smallest absolute Gasteiger partial charge is 0.000449 e. The third kappa shape index (κ3) is 31.9. The maximum atomic E-state index is 5.49. The molecule has 0 radical (unpaired) electrons. The maximum Gasteiger partial charge on any atom is 0.000449 e. The molecule has 0 aliphatic carbocycles. The largest absolute Gasteiger partial charge is 0.333 e. The van der Waals surface area contributed by atoms with E-state index in [2.05, 4.69) is 49.8 Å². The van der Waals surface area contributed by atoms with Crippen LogP contribution in [0.5, 0.6) is 0 Å². The molecule has 0 fully saturated rings. The van der Waals surface area contributed by atoms with Crippen molar-refractivity contribution < 1.29 is 0 Å². The Morgan fingerprint density at radius 1 is 0.636 bits per heavy atom. The van der Waals surface area contributed by atoms with Gasteiger partial charge in [-0.3, -0.25) is 0 Å². The Morgan fingerprint density at radius 3 is 1.32 bits per heavy atom. The summed E-state index contributed by atoms with van der Waals surface area (Å²) in [4.78, 5) is 2.62. The zero-order chi connectivity index (χ0) is 18.4. The second kappa shape index (κ2) is 28.9. The van der Waals surface area contributed by atoms with Gasteiger partial charge in [0.15, 0.2) is 0 Å². The molecule has 0 aliphatic rings. The second-order valence-electron chi connectivity index (χ2n) is 5.75. The highest BCUT2D eigenvalue weighted by atomic mass is 15.1. The van der Waals surface area contributed by atoms with Crippen LogP contribution in [-0.2, 0) is 0 Å². The molecule has 0 saturated heterocycles. The van der Waals surface area contributed by atoms with Crippen molar-refractivity contribution >= 4 is 0 Å². The van der Waals surface area contributed by atoms with E-state index >= 15 is 0 Å². The van der Waals surface area contributed by atoms with Gasteiger partial charge in [0.05, 0.1) is 0 Å². The normalized spacial score (nSPS) is 9.55. The van der Waals surface area contributed by atoms with Crippen molar-refractivity contribution in [2.75, 3.05) is 47.3 Å². The molecule has 0 spiro atoms. The summed E-state index contributed by atoms with van der Waals surface area (Å²) >= 11 is 0. The van der Waals surface area contributed by atoms with E-state index in [-0.39, 0.29) is 0 Å². The van der Waals surface area contributed by atoms with Crippen molar-refractivity contribution in [2.24, 2.45) is 34.8 Å². The first-order valence-electron chi connectivity index (χ1n) is 8.71. The monoisotopic (exact) mass is 321 g/mol. The number of nitrogens with zero attached hydrogens (tertiary/aromatic N) is 1. The fraction of sp³-hybridized carbons (Fsp3) is 1.00. The standard InChI is InChI=1S/C14H32N2.3CH5N/c1-13(2)11-16(12-14(3)4)10-8-6-5-7-9-15;3*1-2/h13-14H,5-12,15H2,1-4H3;3*2H2,1H3. The molecule has 0 bridgehead atoms. The van der Waals surface area contributed by atoms with Gasteiger partial charge in [-0.1, -0.05) is 40.5 Å². The van der Waals surface area contributed by atoms with Gasteiger partial charge in [0.1, 0.15) is 0 Å². The molecule has 0 aliphatic heterocycles. The van der Waals surface area contributed by atoms with Crippen LogP contribution >= 0.6 is 0 Å². The van der Waals surface area contributed by atoms with E-state index in [4.69, 9.17) is 5.73 Å². The molecule has 140 valence electrons. The zero-order valence-electron chi connectivity index (χ0n) is 16.6. The fourth-order valence-corrected chi connectivity index (χ4v) is 2.12. The predicted octanol–water partition coefficient (Wildman–Crippen LogP) is 1.84. The number of hydrogen-bond donors (Lipinski definition) is 4. The van der Waals surface area contributed by atoms with Crippen LogP contribution in [-0.4, -0.2) is 52.2 Å². The quantitative estimate of drug-likeness (QED) is 0.459. The molecule has 0 unspecified atom stereocenters. The van der Waals surface area contributed by atoms with Crippen molar-refractivity contribution in [3.05, 3.63) is 0 Å². The van der Waals surface area contributed by atoms with E-state index in [1.807, 2.05) is 0 Å². The van der Waals surface area contributed by atoms with Gasteiger partial charge in [-0.25, -0.2) is 0 Å². The lowest BCUT2D eigenvalue weighted by Crippen LogP contribution is -2.32. The maximum absolute atomic E-state index is 5.49. The molecular weight excluding hydrogens is 274 g/mol. The van der Waals surface area contributed by atoms with Gasteiger partial charge in [-0.15, -0.1) is 0 Å². The van der Waals surface area contributed by atoms with Crippen LogP contribution in [0.1, 0.15) is 53.4 Å². The highest BCUT2D eigenvalue weighted by Gasteiger charge is 2.08. The summed E-state index contributed by atoms with van der Waals surface area (Å²) in [6, 6.07) is 0. The number of rotatable bonds is 10. The molecular formula is C17H47N5. The van der Waals surface area contributed by atoms with Crippen molar-refractivity contribution in [3.8, 4) is 0 Å². The number of hydrogen-bond acceptors (Lipinski definition) is 5. The Balaban J connectivity index is -0.000000238. The SMILES string of the molecule is CC(C)CN(CCCCCCN)CC(C)C.CN.CN.CN. The van der Waals surface area contributed by atoms with E-state index in [9.17, 15) is 0 Å². The van der Waals surface area contributed by atoms with Gasteiger partial charge in [-0.05, 0) is 58.9 Å². The van der Waals surface area contributed by atoms with Gasteiger partial charge >= 0.3 is 0 Å². The van der Waals surface area contributed by atoms with Gasteiger partial charge < -0.3 is 27.8 Å². The first kappa shape index (κ1) is 29.8. The van der Waals surface area contributed by atoms with E-state index < -0.39 is 0 Å². The molecule has 8 N–H and O–H groups in total. The average Bonchev–Trinajstić information content (AvgIpc) is 2.52. The van der Waals surface area contributed by atoms with Crippen molar-refractivity contribution in [1.82, 2.24) is 4.90 Å². The summed E-state index contributed by atoms with van der Waals surface area (Å²) in [6.07, 6.45) is 5.16. The Hall–Kier alpha value is -0.200. The molecule has 5 nitrogen and oxygen atoms in total. The highest BCUT2D eigenvalue weighted by Crippen LogP contribution is 2.07. The van der Waals surface area contributed by atoms with Crippen LogP contribution in [0.15, 0.2) is 0 Å². The number of nitrogens with two attached hydrogens (primary N) is 4. The Morgan fingerprint density at radius 2 is 1.00 bits per heavy atom. The summed E-state index contributed by atoms with van der Waals surface area (Å²) in [5.74, 6) is 1.56. The third-order valence-corrected chi connectivity index (χ3v) is 2.68. The minimum atomic E-state index is 0.780. The van der Waals surface area contributed by atoms with Crippen LogP contribution in [0.4, 0.5) is 0 Å². The highest BCUT2D eigenvalue weighted by molar-refractivity contribution is 4.62.